The van der Waals surface area contributed by atoms with E-state index in [-0.39, 0.29) is 17.9 Å². The molecule has 166 valence electrons. The largest absolute Gasteiger partial charge is 0.507 e. The number of amides is 1. The van der Waals surface area contributed by atoms with Crippen molar-refractivity contribution in [3.63, 3.8) is 0 Å². The number of hydrogen-bond acceptors (Lipinski definition) is 5. The van der Waals surface area contributed by atoms with Crippen LogP contribution in [0.3, 0.4) is 0 Å². The molecule has 0 spiro atoms. The van der Waals surface area contributed by atoms with Gasteiger partial charge in [0.2, 0.25) is 0 Å². The molecule has 1 atom stereocenters. The number of Topliss-reactive ketones (excluding diaryl/α,β-unsaturated/α-hetero) is 1. The average molecular weight is 461 g/mol. The van der Waals surface area contributed by atoms with Crippen molar-refractivity contribution < 1.29 is 19.4 Å². The molecule has 0 saturated carbocycles. The van der Waals surface area contributed by atoms with Crippen molar-refractivity contribution in [2.45, 2.75) is 12.6 Å². The lowest BCUT2D eigenvalue weighted by Crippen LogP contribution is -2.29. The molecule has 2 aromatic carbocycles. The summed E-state index contributed by atoms with van der Waals surface area (Å²) in [6.07, 6.45) is 4.90. The van der Waals surface area contributed by atoms with Gasteiger partial charge < -0.3 is 14.7 Å². The number of likely N-dealkylation sites (tertiary alicyclic amines) is 1. The summed E-state index contributed by atoms with van der Waals surface area (Å²) in [6, 6.07) is 16.3. The summed E-state index contributed by atoms with van der Waals surface area (Å²) in [5, 5.41) is 11.6. The maximum absolute atomic E-state index is 13.1. The molecule has 1 saturated heterocycles. The number of aliphatic hydroxyl groups excluding tert-OH is 1. The van der Waals surface area contributed by atoms with Crippen molar-refractivity contribution >= 4 is 29.1 Å². The number of pyridine rings is 1. The van der Waals surface area contributed by atoms with Gasteiger partial charge in [0, 0.05) is 29.5 Å². The fourth-order valence-corrected chi connectivity index (χ4v) is 3.97. The topological polar surface area (TPSA) is 79.7 Å². The Kier molecular flexibility index (Phi) is 6.56. The minimum Gasteiger partial charge on any atom is -0.507 e. The van der Waals surface area contributed by atoms with E-state index >= 15 is 0 Å². The molecule has 1 aliphatic heterocycles. The Labute approximate surface area is 196 Å². The number of hydrogen-bond donors (Lipinski definition) is 1. The molecule has 3 aromatic rings. The number of aromatic nitrogens is 1. The highest BCUT2D eigenvalue weighted by atomic mass is 35.5. The summed E-state index contributed by atoms with van der Waals surface area (Å²) in [4.78, 5) is 31.7. The van der Waals surface area contributed by atoms with Crippen LogP contribution < -0.4 is 4.74 Å². The van der Waals surface area contributed by atoms with Crippen LogP contribution in [0.5, 0.6) is 5.75 Å². The van der Waals surface area contributed by atoms with E-state index in [1.807, 2.05) is 6.07 Å². The minimum atomic E-state index is -0.805. The molecule has 7 heteroatoms. The Morgan fingerprint density at radius 1 is 1.15 bits per heavy atom. The normalized spacial score (nSPS) is 17.2. The lowest BCUT2D eigenvalue weighted by molar-refractivity contribution is -0.140. The van der Waals surface area contributed by atoms with Crippen LogP contribution in [0.15, 0.2) is 91.3 Å². The lowest BCUT2D eigenvalue weighted by atomic mass is 9.95. The summed E-state index contributed by atoms with van der Waals surface area (Å²) < 4.78 is 5.48. The van der Waals surface area contributed by atoms with Crippen molar-refractivity contribution in [1.82, 2.24) is 9.88 Å². The van der Waals surface area contributed by atoms with E-state index in [0.717, 1.165) is 5.56 Å². The third kappa shape index (κ3) is 4.66. The molecule has 1 unspecified atom stereocenters. The first-order valence-corrected chi connectivity index (χ1v) is 10.6. The van der Waals surface area contributed by atoms with Crippen LogP contribution >= 0.6 is 11.6 Å². The van der Waals surface area contributed by atoms with E-state index in [4.69, 9.17) is 16.3 Å². The molecule has 0 bridgehead atoms. The van der Waals surface area contributed by atoms with Gasteiger partial charge in [0.1, 0.15) is 18.1 Å². The fourth-order valence-electron chi connectivity index (χ4n) is 3.77. The van der Waals surface area contributed by atoms with Gasteiger partial charge in [0.25, 0.3) is 11.7 Å². The number of carbonyl (C=O) groups excluding carboxylic acids is 2. The highest BCUT2D eigenvalue weighted by molar-refractivity contribution is 6.46. The quantitative estimate of drug-likeness (QED) is 0.234. The van der Waals surface area contributed by atoms with Gasteiger partial charge in [-0.2, -0.15) is 0 Å². The summed E-state index contributed by atoms with van der Waals surface area (Å²) in [5.74, 6) is -1.12. The van der Waals surface area contributed by atoms with Gasteiger partial charge in [-0.1, -0.05) is 42.5 Å². The number of halogens is 1. The fraction of sp³-hybridized carbons (Fsp3) is 0.115. The highest BCUT2D eigenvalue weighted by Gasteiger charge is 2.46. The zero-order valence-electron chi connectivity index (χ0n) is 17.6. The number of benzene rings is 2. The van der Waals surface area contributed by atoms with E-state index in [0.29, 0.717) is 28.5 Å². The maximum Gasteiger partial charge on any atom is 0.295 e. The standard InChI is InChI=1S/C26H21ClN2O4/c1-2-13-33-21-10-8-18(9-11-21)24(30)22-23(19-6-3-7-20(27)14-19)29(26(32)25(22)31)16-17-5-4-12-28-15-17/h2-12,14-15,23,30H,1,13,16H2/b24-22+. The van der Waals surface area contributed by atoms with E-state index in [1.165, 1.54) is 4.90 Å². The first kappa shape index (κ1) is 22.3. The summed E-state index contributed by atoms with van der Waals surface area (Å²) >= 11 is 6.21. The van der Waals surface area contributed by atoms with Gasteiger partial charge in [-0.25, -0.2) is 0 Å². The van der Waals surface area contributed by atoms with E-state index in [1.54, 1.807) is 73.1 Å². The minimum absolute atomic E-state index is 0.00548. The molecule has 0 radical (unpaired) electrons. The molecule has 1 amide bonds. The molecule has 0 aliphatic carbocycles. The number of aliphatic hydroxyl groups is 1. The molecule has 4 rings (SSSR count). The Hall–Kier alpha value is -3.90. The summed E-state index contributed by atoms with van der Waals surface area (Å²) in [7, 11) is 0. The van der Waals surface area contributed by atoms with Crippen molar-refractivity contribution in [2.24, 2.45) is 0 Å². The average Bonchev–Trinajstić information content (AvgIpc) is 3.08. The Morgan fingerprint density at radius 3 is 2.61 bits per heavy atom. The summed E-state index contributed by atoms with van der Waals surface area (Å²) in [6.45, 7) is 4.11. The van der Waals surface area contributed by atoms with Crippen molar-refractivity contribution in [1.29, 1.82) is 0 Å². The predicted molar refractivity (Wildman–Crippen MR) is 126 cm³/mol. The van der Waals surface area contributed by atoms with Gasteiger partial charge in [0.15, 0.2) is 0 Å². The van der Waals surface area contributed by atoms with Gasteiger partial charge >= 0.3 is 0 Å². The number of ketones is 1. The van der Waals surface area contributed by atoms with Crippen LogP contribution in [0.4, 0.5) is 0 Å². The third-order valence-corrected chi connectivity index (χ3v) is 5.51. The number of carbonyl (C=O) groups is 2. The van der Waals surface area contributed by atoms with Crippen molar-refractivity contribution in [3.05, 3.63) is 113 Å². The molecular formula is C26H21ClN2O4. The third-order valence-electron chi connectivity index (χ3n) is 5.28. The maximum atomic E-state index is 13.1. The molecule has 6 nitrogen and oxygen atoms in total. The number of rotatable bonds is 7. The molecule has 1 fully saturated rings. The SMILES string of the molecule is C=CCOc1ccc(/C(O)=C2\C(=O)C(=O)N(Cc3cccnc3)C2c2cccc(Cl)c2)cc1. The smallest absolute Gasteiger partial charge is 0.295 e. The van der Waals surface area contributed by atoms with Crippen LogP contribution in [-0.2, 0) is 16.1 Å². The molecule has 1 aliphatic rings. The molecule has 2 heterocycles. The molecule has 1 N–H and O–H groups in total. The molecule has 1 aromatic heterocycles. The van der Waals surface area contributed by atoms with Crippen LogP contribution in [0, 0.1) is 0 Å². The zero-order valence-corrected chi connectivity index (χ0v) is 18.4. The first-order chi connectivity index (χ1) is 16.0. The van der Waals surface area contributed by atoms with Gasteiger partial charge in [0.05, 0.1) is 11.6 Å². The van der Waals surface area contributed by atoms with Crippen molar-refractivity contribution in [3.8, 4) is 5.75 Å². The zero-order chi connectivity index (χ0) is 23.4. The lowest BCUT2D eigenvalue weighted by Gasteiger charge is -2.25. The predicted octanol–water partition coefficient (Wildman–Crippen LogP) is 4.92. The van der Waals surface area contributed by atoms with Crippen LogP contribution in [-0.4, -0.2) is 33.3 Å². The first-order valence-electron chi connectivity index (χ1n) is 10.3. The van der Waals surface area contributed by atoms with Crippen LogP contribution in [0.25, 0.3) is 5.76 Å². The summed E-state index contributed by atoms with van der Waals surface area (Å²) in [5.41, 5.74) is 1.78. The van der Waals surface area contributed by atoms with Gasteiger partial charge in [-0.15, -0.1) is 0 Å². The Morgan fingerprint density at radius 2 is 1.94 bits per heavy atom. The number of ether oxygens (including phenoxy) is 1. The molecular weight excluding hydrogens is 440 g/mol. The van der Waals surface area contributed by atoms with Crippen LogP contribution in [0.1, 0.15) is 22.7 Å². The van der Waals surface area contributed by atoms with Crippen LogP contribution in [0.2, 0.25) is 5.02 Å². The molecule has 33 heavy (non-hydrogen) atoms. The Balaban J connectivity index is 1.79. The second-order valence-corrected chi connectivity index (χ2v) is 7.90. The van der Waals surface area contributed by atoms with E-state index in [9.17, 15) is 14.7 Å². The number of nitrogens with zero attached hydrogens (tertiary/aromatic N) is 2. The van der Waals surface area contributed by atoms with Gasteiger partial charge in [-0.3, -0.25) is 14.6 Å². The van der Waals surface area contributed by atoms with E-state index < -0.39 is 17.7 Å². The second kappa shape index (κ2) is 9.71. The highest BCUT2D eigenvalue weighted by Crippen LogP contribution is 2.40. The van der Waals surface area contributed by atoms with E-state index in [2.05, 4.69) is 11.6 Å². The van der Waals surface area contributed by atoms with Crippen molar-refractivity contribution in [2.75, 3.05) is 6.61 Å². The Bertz CT molecular complexity index is 1220. The monoisotopic (exact) mass is 460 g/mol. The van der Waals surface area contributed by atoms with Gasteiger partial charge in [-0.05, 0) is 53.6 Å². The second-order valence-electron chi connectivity index (χ2n) is 7.47.